The summed E-state index contributed by atoms with van der Waals surface area (Å²) in [5.41, 5.74) is -0.973. The maximum absolute atomic E-state index is 13.3. The van der Waals surface area contributed by atoms with E-state index in [1.807, 2.05) is 13.8 Å². The summed E-state index contributed by atoms with van der Waals surface area (Å²) in [5.74, 6) is -9.66. The molecule has 2 atom stereocenters. The fraction of sp³-hybridized carbons (Fsp3) is 0.500. The highest BCUT2D eigenvalue weighted by atomic mass is 19.2. The van der Waals surface area contributed by atoms with Crippen molar-refractivity contribution in [3.63, 3.8) is 0 Å². The van der Waals surface area contributed by atoms with Crippen molar-refractivity contribution in [2.24, 2.45) is 5.92 Å². The van der Waals surface area contributed by atoms with E-state index in [2.05, 4.69) is 5.32 Å². The van der Waals surface area contributed by atoms with Crippen LogP contribution in [0.3, 0.4) is 0 Å². The molecule has 1 aromatic rings. The third-order valence-electron chi connectivity index (χ3n) is 3.08. The lowest BCUT2D eigenvalue weighted by molar-refractivity contribution is 0.379. The molecular weight excluding hydrogens is 253 g/mol. The van der Waals surface area contributed by atoms with Crippen LogP contribution in [0, 0.1) is 35.0 Å². The second kappa shape index (κ2) is 5.54. The van der Waals surface area contributed by atoms with Gasteiger partial charge in [-0.2, -0.15) is 0 Å². The Kier molecular flexibility index (Phi) is 4.53. The molecule has 0 saturated carbocycles. The molecule has 1 nitrogen and oxygen atoms in total. The smallest absolute Gasteiger partial charge is 0.200 e. The number of hydrogen-bond donors (Lipinski definition) is 1. The molecule has 0 saturated heterocycles. The zero-order valence-corrected chi connectivity index (χ0v) is 10.3. The van der Waals surface area contributed by atoms with Crippen LogP contribution >= 0.6 is 0 Å². The van der Waals surface area contributed by atoms with Gasteiger partial charge in [-0.05, 0) is 12.8 Å². The molecule has 1 rings (SSSR count). The van der Waals surface area contributed by atoms with Gasteiger partial charge >= 0.3 is 0 Å². The zero-order valence-electron chi connectivity index (χ0n) is 10.3. The summed E-state index contributed by atoms with van der Waals surface area (Å²) in [6.45, 7) is 5.29. The lowest BCUT2D eigenvalue weighted by Gasteiger charge is -2.22. The molecule has 0 bridgehead atoms. The minimum Gasteiger partial charge on any atom is -0.377 e. The van der Waals surface area contributed by atoms with Gasteiger partial charge in [0.25, 0.3) is 0 Å². The number of hydrogen-bond acceptors (Lipinski definition) is 1. The summed E-state index contributed by atoms with van der Waals surface area (Å²) >= 11 is 0. The molecule has 0 aromatic heterocycles. The molecule has 102 valence electrons. The van der Waals surface area contributed by atoms with E-state index < -0.39 is 40.8 Å². The summed E-state index contributed by atoms with van der Waals surface area (Å²) in [6, 6.07) is -0.414. The van der Waals surface area contributed by atoms with Crippen LogP contribution in [0.25, 0.3) is 0 Å². The Hall–Kier alpha value is -1.33. The van der Waals surface area contributed by atoms with E-state index in [1.165, 1.54) is 0 Å². The summed E-state index contributed by atoms with van der Waals surface area (Å²) in [4.78, 5) is 0. The lowest BCUT2D eigenvalue weighted by atomic mass is 10.0. The van der Waals surface area contributed by atoms with Gasteiger partial charge in [0.1, 0.15) is 5.69 Å². The lowest BCUT2D eigenvalue weighted by Crippen LogP contribution is -2.25. The fourth-order valence-corrected chi connectivity index (χ4v) is 1.46. The second-order valence-corrected chi connectivity index (χ2v) is 4.26. The fourth-order valence-electron chi connectivity index (χ4n) is 1.46. The standard InChI is InChI=1S/C12H14F5N/c1-4-5(2)6(3)18-12-10(16)8(14)7(13)9(15)11(12)17/h5-6,18H,4H2,1-3H3. The Bertz CT molecular complexity index is 418. The van der Waals surface area contributed by atoms with Gasteiger partial charge < -0.3 is 5.32 Å². The number of halogens is 5. The minimum absolute atomic E-state index is 0.0278. The Morgan fingerprint density at radius 3 is 1.61 bits per heavy atom. The molecule has 0 radical (unpaired) electrons. The van der Waals surface area contributed by atoms with Crippen molar-refractivity contribution in [3.8, 4) is 0 Å². The number of rotatable bonds is 4. The molecule has 0 aliphatic carbocycles. The Labute approximate surface area is 102 Å². The van der Waals surface area contributed by atoms with Crippen molar-refractivity contribution in [1.82, 2.24) is 0 Å². The van der Waals surface area contributed by atoms with Crippen LogP contribution in [-0.4, -0.2) is 6.04 Å². The summed E-state index contributed by atoms with van der Waals surface area (Å²) in [5, 5.41) is 2.34. The van der Waals surface area contributed by atoms with E-state index in [-0.39, 0.29) is 5.92 Å². The molecule has 0 heterocycles. The highest BCUT2D eigenvalue weighted by Gasteiger charge is 2.27. The van der Waals surface area contributed by atoms with Crippen molar-refractivity contribution in [2.75, 3.05) is 5.32 Å². The molecule has 1 aromatic carbocycles. The van der Waals surface area contributed by atoms with Gasteiger partial charge in [0, 0.05) is 6.04 Å². The van der Waals surface area contributed by atoms with Gasteiger partial charge in [-0.15, -0.1) is 0 Å². The minimum atomic E-state index is -2.15. The van der Waals surface area contributed by atoms with Gasteiger partial charge in [0.05, 0.1) is 0 Å². The largest absolute Gasteiger partial charge is 0.377 e. The third-order valence-corrected chi connectivity index (χ3v) is 3.08. The van der Waals surface area contributed by atoms with Crippen molar-refractivity contribution >= 4 is 5.69 Å². The van der Waals surface area contributed by atoms with E-state index in [0.29, 0.717) is 6.42 Å². The molecule has 0 spiro atoms. The first-order chi connectivity index (χ1) is 8.31. The molecule has 1 N–H and O–H groups in total. The molecule has 0 aliphatic heterocycles. The highest BCUT2D eigenvalue weighted by Crippen LogP contribution is 2.28. The van der Waals surface area contributed by atoms with Crippen molar-refractivity contribution < 1.29 is 22.0 Å². The van der Waals surface area contributed by atoms with Crippen molar-refractivity contribution in [2.45, 2.75) is 33.2 Å². The highest BCUT2D eigenvalue weighted by molar-refractivity contribution is 5.48. The first kappa shape index (κ1) is 14.7. The molecule has 0 amide bonds. The first-order valence-electron chi connectivity index (χ1n) is 5.59. The van der Waals surface area contributed by atoms with Gasteiger partial charge in [0.2, 0.25) is 5.82 Å². The van der Waals surface area contributed by atoms with E-state index in [9.17, 15) is 22.0 Å². The molecule has 0 aliphatic rings. The van der Waals surface area contributed by atoms with Crippen molar-refractivity contribution in [1.29, 1.82) is 0 Å². The van der Waals surface area contributed by atoms with Crippen LogP contribution in [0.1, 0.15) is 27.2 Å². The van der Waals surface area contributed by atoms with E-state index in [1.54, 1.807) is 6.92 Å². The van der Waals surface area contributed by atoms with Gasteiger partial charge in [-0.25, -0.2) is 22.0 Å². The van der Waals surface area contributed by atoms with E-state index in [4.69, 9.17) is 0 Å². The van der Waals surface area contributed by atoms with E-state index in [0.717, 1.165) is 0 Å². The maximum atomic E-state index is 13.3. The van der Waals surface area contributed by atoms with Crippen LogP contribution in [0.5, 0.6) is 0 Å². The van der Waals surface area contributed by atoms with E-state index >= 15 is 0 Å². The average molecular weight is 267 g/mol. The van der Waals surface area contributed by atoms with Crippen LogP contribution in [0.2, 0.25) is 0 Å². The number of benzene rings is 1. The maximum Gasteiger partial charge on any atom is 0.200 e. The Balaban J connectivity index is 3.18. The Morgan fingerprint density at radius 1 is 0.833 bits per heavy atom. The van der Waals surface area contributed by atoms with Gasteiger partial charge in [-0.3, -0.25) is 0 Å². The van der Waals surface area contributed by atoms with Crippen LogP contribution in [0.15, 0.2) is 0 Å². The Morgan fingerprint density at radius 2 is 1.22 bits per heavy atom. The summed E-state index contributed by atoms with van der Waals surface area (Å²) in [7, 11) is 0. The topological polar surface area (TPSA) is 12.0 Å². The predicted molar refractivity (Wildman–Crippen MR) is 58.8 cm³/mol. The van der Waals surface area contributed by atoms with Crippen LogP contribution in [-0.2, 0) is 0 Å². The second-order valence-electron chi connectivity index (χ2n) is 4.26. The third kappa shape index (κ3) is 2.57. The SMILES string of the molecule is CCC(C)C(C)Nc1c(F)c(F)c(F)c(F)c1F. The van der Waals surface area contributed by atoms with Crippen LogP contribution < -0.4 is 5.32 Å². The van der Waals surface area contributed by atoms with Crippen molar-refractivity contribution in [3.05, 3.63) is 29.1 Å². The molecular formula is C12H14F5N. The average Bonchev–Trinajstić information content (AvgIpc) is 2.37. The summed E-state index contributed by atoms with van der Waals surface area (Å²) in [6.07, 6.45) is 0.712. The number of anilines is 1. The predicted octanol–water partition coefficient (Wildman–Crippen LogP) is 4.23. The normalized spacial score (nSPS) is 14.4. The number of nitrogens with one attached hydrogen (secondary N) is 1. The first-order valence-corrected chi connectivity index (χ1v) is 5.59. The molecule has 6 heteroatoms. The quantitative estimate of drug-likeness (QED) is 0.489. The monoisotopic (exact) mass is 267 g/mol. The zero-order chi connectivity index (χ0) is 14.0. The van der Waals surface area contributed by atoms with Gasteiger partial charge in [0.15, 0.2) is 23.3 Å². The molecule has 18 heavy (non-hydrogen) atoms. The van der Waals surface area contributed by atoms with Gasteiger partial charge in [-0.1, -0.05) is 20.3 Å². The molecule has 2 unspecified atom stereocenters. The summed E-state index contributed by atoms with van der Waals surface area (Å²) < 4.78 is 65.4. The van der Waals surface area contributed by atoms with Crippen LogP contribution in [0.4, 0.5) is 27.6 Å². The molecule has 0 fully saturated rings.